The predicted octanol–water partition coefficient (Wildman–Crippen LogP) is 1.12. The fourth-order valence-corrected chi connectivity index (χ4v) is 1.03. The second kappa shape index (κ2) is 2.29. The first-order chi connectivity index (χ1) is 4.25. The van der Waals surface area contributed by atoms with E-state index in [-0.39, 0.29) is 0 Å². The van der Waals surface area contributed by atoms with E-state index in [0.717, 1.165) is 6.42 Å². The van der Waals surface area contributed by atoms with E-state index in [9.17, 15) is 0 Å². The quantitative estimate of drug-likeness (QED) is 0.566. The molecule has 2 nitrogen and oxygen atoms in total. The topological polar surface area (TPSA) is 15.3 Å². The van der Waals surface area contributed by atoms with E-state index in [2.05, 4.69) is 37.3 Å². The number of hydrogen-bond donors (Lipinski definition) is 1. The molecule has 9 heavy (non-hydrogen) atoms. The van der Waals surface area contributed by atoms with Crippen LogP contribution in [-0.4, -0.2) is 18.1 Å². The van der Waals surface area contributed by atoms with E-state index in [0.29, 0.717) is 6.17 Å². The van der Waals surface area contributed by atoms with E-state index in [4.69, 9.17) is 0 Å². The van der Waals surface area contributed by atoms with Crippen LogP contribution in [-0.2, 0) is 0 Å². The van der Waals surface area contributed by atoms with E-state index < -0.39 is 0 Å². The van der Waals surface area contributed by atoms with Crippen molar-refractivity contribution in [3.63, 3.8) is 0 Å². The normalized spacial score (nSPS) is 25.9. The molecule has 0 fully saturated rings. The average molecular weight is 126 g/mol. The highest BCUT2D eigenvalue weighted by atomic mass is 15.3. The van der Waals surface area contributed by atoms with Crippen LogP contribution in [0.1, 0.15) is 20.3 Å². The number of hydrogen-bond acceptors (Lipinski definition) is 2. The van der Waals surface area contributed by atoms with Gasteiger partial charge >= 0.3 is 0 Å². The monoisotopic (exact) mass is 126 g/mol. The smallest absolute Gasteiger partial charge is 0.0951 e. The first kappa shape index (κ1) is 6.46. The summed E-state index contributed by atoms with van der Waals surface area (Å²) in [6.45, 7) is 4.32. The Morgan fingerprint density at radius 3 is 2.67 bits per heavy atom. The highest BCUT2D eigenvalue weighted by Crippen LogP contribution is 2.13. The summed E-state index contributed by atoms with van der Waals surface area (Å²) in [5.41, 5.74) is 1.39. The summed E-state index contributed by atoms with van der Waals surface area (Å²) in [6, 6.07) is 0. The highest BCUT2D eigenvalue weighted by Gasteiger charge is 2.14. The van der Waals surface area contributed by atoms with Gasteiger partial charge in [-0.05, 0) is 13.3 Å². The highest BCUT2D eigenvalue weighted by molar-refractivity contribution is 5.05. The molecule has 1 aliphatic rings. The van der Waals surface area contributed by atoms with Gasteiger partial charge in [0.05, 0.1) is 6.17 Å². The Morgan fingerprint density at radius 1 is 1.78 bits per heavy atom. The maximum atomic E-state index is 3.23. The van der Waals surface area contributed by atoms with Crippen molar-refractivity contribution in [1.29, 1.82) is 0 Å². The molecule has 0 saturated heterocycles. The van der Waals surface area contributed by atoms with Gasteiger partial charge in [0.2, 0.25) is 0 Å². The molecule has 52 valence electrons. The van der Waals surface area contributed by atoms with E-state index >= 15 is 0 Å². The maximum Gasteiger partial charge on any atom is 0.0951 e. The van der Waals surface area contributed by atoms with Crippen molar-refractivity contribution in [2.75, 3.05) is 7.05 Å². The Hall–Kier alpha value is -0.660. The third kappa shape index (κ3) is 1.02. The van der Waals surface area contributed by atoms with Crippen molar-refractivity contribution in [1.82, 2.24) is 10.2 Å². The van der Waals surface area contributed by atoms with Crippen molar-refractivity contribution in [2.45, 2.75) is 26.4 Å². The molecule has 0 aliphatic carbocycles. The second-order valence-electron chi connectivity index (χ2n) is 2.44. The molecule has 1 heterocycles. The van der Waals surface area contributed by atoms with Gasteiger partial charge in [-0.3, -0.25) is 0 Å². The van der Waals surface area contributed by atoms with Gasteiger partial charge in [-0.15, -0.1) is 0 Å². The summed E-state index contributed by atoms with van der Waals surface area (Å²) in [6.07, 6.45) is 3.69. The zero-order valence-electron chi connectivity index (χ0n) is 6.31. The van der Waals surface area contributed by atoms with Gasteiger partial charge in [0.1, 0.15) is 0 Å². The molecule has 1 unspecified atom stereocenters. The fraction of sp³-hybridized carbons (Fsp3) is 0.714. The summed E-state index contributed by atoms with van der Waals surface area (Å²) in [5, 5.41) is 3.23. The van der Waals surface area contributed by atoms with E-state index in [1.165, 1.54) is 5.70 Å². The number of allylic oxidation sites excluding steroid dienone is 1. The second-order valence-corrected chi connectivity index (χ2v) is 2.44. The predicted molar refractivity (Wildman–Crippen MR) is 38.7 cm³/mol. The fourth-order valence-electron chi connectivity index (χ4n) is 1.03. The van der Waals surface area contributed by atoms with Crippen molar-refractivity contribution < 1.29 is 0 Å². The summed E-state index contributed by atoms with van der Waals surface area (Å²) in [4.78, 5) is 2.25. The first-order valence-corrected chi connectivity index (χ1v) is 3.43. The molecular weight excluding hydrogens is 112 g/mol. The van der Waals surface area contributed by atoms with Crippen LogP contribution in [0.25, 0.3) is 0 Å². The van der Waals surface area contributed by atoms with Crippen LogP contribution in [0.2, 0.25) is 0 Å². The molecule has 2 heteroatoms. The van der Waals surface area contributed by atoms with Gasteiger partial charge in [-0.2, -0.15) is 0 Å². The lowest BCUT2D eigenvalue weighted by Gasteiger charge is -2.20. The molecule has 1 aliphatic heterocycles. The molecular formula is C7H14N2. The van der Waals surface area contributed by atoms with E-state index in [1.807, 2.05) is 0 Å². The van der Waals surface area contributed by atoms with Crippen LogP contribution in [0.3, 0.4) is 0 Å². The Bertz CT molecular complexity index is 129. The molecule has 0 bridgehead atoms. The summed E-state index contributed by atoms with van der Waals surface area (Å²) in [5.74, 6) is 0. The average Bonchev–Trinajstić information content (AvgIpc) is 2.15. The molecule has 0 amide bonds. The Balaban J connectivity index is 2.55. The van der Waals surface area contributed by atoms with Crippen LogP contribution in [0.4, 0.5) is 0 Å². The van der Waals surface area contributed by atoms with Crippen molar-refractivity contribution in [3.05, 3.63) is 11.9 Å². The lowest BCUT2D eigenvalue weighted by Crippen LogP contribution is -2.30. The standard InChI is InChI=1S/C7H14N2/c1-4-7-5-8-6(2)9(7)3/h5-6,8H,4H2,1-3H3. The molecule has 0 aromatic carbocycles. The number of nitrogens with one attached hydrogen (secondary N) is 1. The van der Waals surface area contributed by atoms with Crippen LogP contribution in [0.5, 0.6) is 0 Å². The van der Waals surface area contributed by atoms with E-state index in [1.54, 1.807) is 0 Å². The van der Waals surface area contributed by atoms with Gasteiger partial charge < -0.3 is 10.2 Å². The van der Waals surface area contributed by atoms with Crippen LogP contribution >= 0.6 is 0 Å². The van der Waals surface area contributed by atoms with Crippen LogP contribution < -0.4 is 5.32 Å². The Kier molecular flexibility index (Phi) is 1.65. The van der Waals surface area contributed by atoms with Crippen LogP contribution in [0, 0.1) is 0 Å². The molecule has 0 spiro atoms. The maximum absolute atomic E-state index is 3.23. The zero-order valence-corrected chi connectivity index (χ0v) is 6.31. The molecule has 0 radical (unpaired) electrons. The molecule has 1 rings (SSSR count). The minimum Gasteiger partial charge on any atom is -0.370 e. The van der Waals surface area contributed by atoms with Crippen molar-refractivity contribution in [2.24, 2.45) is 0 Å². The number of rotatable bonds is 1. The third-order valence-corrected chi connectivity index (χ3v) is 1.89. The van der Waals surface area contributed by atoms with Gasteiger partial charge in [-0.25, -0.2) is 0 Å². The zero-order chi connectivity index (χ0) is 6.85. The van der Waals surface area contributed by atoms with Gasteiger partial charge in [0.15, 0.2) is 0 Å². The molecule has 0 aromatic rings. The summed E-state index contributed by atoms with van der Waals surface area (Å²) < 4.78 is 0. The Morgan fingerprint density at radius 2 is 2.44 bits per heavy atom. The van der Waals surface area contributed by atoms with Crippen molar-refractivity contribution in [3.8, 4) is 0 Å². The Labute approximate surface area is 56.5 Å². The molecule has 0 aromatic heterocycles. The lowest BCUT2D eigenvalue weighted by atomic mass is 10.3. The third-order valence-electron chi connectivity index (χ3n) is 1.89. The molecule has 1 N–H and O–H groups in total. The van der Waals surface area contributed by atoms with Gasteiger partial charge in [0, 0.05) is 18.9 Å². The molecule has 1 atom stereocenters. The lowest BCUT2D eigenvalue weighted by molar-refractivity contribution is 0.327. The molecule has 0 saturated carbocycles. The minimum absolute atomic E-state index is 0.486. The summed E-state index contributed by atoms with van der Waals surface area (Å²) in [7, 11) is 2.11. The number of nitrogens with zero attached hydrogens (tertiary/aromatic N) is 1. The largest absolute Gasteiger partial charge is 0.370 e. The van der Waals surface area contributed by atoms with Crippen molar-refractivity contribution >= 4 is 0 Å². The van der Waals surface area contributed by atoms with Gasteiger partial charge in [-0.1, -0.05) is 6.92 Å². The van der Waals surface area contributed by atoms with Gasteiger partial charge in [0.25, 0.3) is 0 Å². The SMILES string of the molecule is CCC1=CNC(C)N1C. The minimum atomic E-state index is 0.486. The van der Waals surface area contributed by atoms with Crippen LogP contribution in [0.15, 0.2) is 11.9 Å². The summed E-state index contributed by atoms with van der Waals surface area (Å²) >= 11 is 0. The first-order valence-electron chi connectivity index (χ1n) is 3.43.